The minimum absolute atomic E-state index is 0.0575. The molecule has 1 fully saturated rings. The summed E-state index contributed by atoms with van der Waals surface area (Å²) in [6.45, 7) is 1.93. The third-order valence-electron chi connectivity index (χ3n) is 2.10. The van der Waals surface area contributed by atoms with Crippen molar-refractivity contribution >= 4 is 15.8 Å². The van der Waals surface area contributed by atoms with Gasteiger partial charge in [-0.05, 0) is 19.8 Å². The molecule has 1 aliphatic heterocycles. The first kappa shape index (κ1) is 9.67. The van der Waals surface area contributed by atoms with Crippen LogP contribution < -0.4 is 0 Å². The van der Waals surface area contributed by atoms with Crippen molar-refractivity contribution in [2.45, 2.75) is 25.8 Å². The molecule has 1 aliphatic rings. The summed E-state index contributed by atoms with van der Waals surface area (Å²) in [4.78, 5) is 11.0. The van der Waals surface area contributed by atoms with Crippen molar-refractivity contribution < 1.29 is 13.2 Å². The highest BCUT2D eigenvalue weighted by Gasteiger charge is 2.33. The fourth-order valence-electron chi connectivity index (χ4n) is 1.54. The summed E-state index contributed by atoms with van der Waals surface area (Å²) in [6.07, 6.45) is 2.61. The maximum absolute atomic E-state index is 11.1. The first-order valence-electron chi connectivity index (χ1n) is 3.90. The zero-order chi connectivity index (χ0) is 9.35. The van der Waals surface area contributed by atoms with E-state index in [2.05, 4.69) is 0 Å². The van der Waals surface area contributed by atoms with Crippen LogP contribution in [0.3, 0.4) is 0 Å². The largest absolute Gasteiger partial charge is 0.298 e. The van der Waals surface area contributed by atoms with E-state index in [0.29, 0.717) is 13.0 Å². The number of hydrogen-bond donors (Lipinski definition) is 0. The van der Waals surface area contributed by atoms with Crippen molar-refractivity contribution in [3.8, 4) is 0 Å². The van der Waals surface area contributed by atoms with E-state index in [1.165, 1.54) is 11.2 Å². The summed E-state index contributed by atoms with van der Waals surface area (Å²) >= 11 is 0. The second kappa shape index (κ2) is 3.14. The molecular weight excluding hydrogens is 178 g/mol. The van der Waals surface area contributed by atoms with Gasteiger partial charge in [0.2, 0.25) is 10.0 Å². The fraction of sp³-hybridized carbons (Fsp3) is 0.857. The Kier molecular flexibility index (Phi) is 2.53. The molecule has 0 aliphatic carbocycles. The van der Waals surface area contributed by atoms with Crippen LogP contribution in [-0.2, 0) is 14.8 Å². The number of Topliss-reactive ketones (excluding diaryl/α,β-unsaturated/α-hetero) is 1. The van der Waals surface area contributed by atoms with Crippen LogP contribution >= 0.6 is 0 Å². The van der Waals surface area contributed by atoms with Gasteiger partial charge in [-0.25, -0.2) is 8.42 Å². The molecule has 0 aromatic carbocycles. The second-order valence-corrected chi connectivity index (χ2v) is 5.08. The van der Waals surface area contributed by atoms with E-state index in [1.54, 1.807) is 0 Å². The SMILES string of the molecule is CC(=O)C1CCCN1S(C)(=O)=O. The number of sulfonamides is 1. The number of ketones is 1. The summed E-state index contributed by atoms with van der Waals surface area (Å²) < 4.78 is 23.5. The molecule has 12 heavy (non-hydrogen) atoms. The van der Waals surface area contributed by atoms with E-state index in [1.807, 2.05) is 0 Å². The molecule has 0 aromatic rings. The van der Waals surface area contributed by atoms with E-state index in [9.17, 15) is 13.2 Å². The number of hydrogen-bond acceptors (Lipinski definition) is 3. The lowest BCUT2D eigenvalue weighted by Crippen LogP contribution is -2.38. The molecule has 1 atom stereocenters. The molecule has 1 saturated heterocycles. The molecule has 4 nitrogen and oxygen atoms in total. The molecule has 1 heterocycles. The molecule has 0 aromatic heterocycles. The molecule has 0 radical (unpaired) electrons. The average molecular weight is 191 g/mol. The maximum atomic E-state index is 11.1. The third kappa shape index (κ3) is 1.84. The van der Waals surface area contributed by atoms with Crippen LogP contribution in [0.2, 0.25) is 0 Å². The molecule has 0 spiro atoms. The lowest BCUT2D eigenvalue weighted by molar-refractivity contribution is -0.119. The lowest BCUT2D eigenvalue weighted by Gasteiger charge is -2.18. The van der Waals surface area contributed by atoms with Gasteiger partial charge < -0.3 is 0 Å². The maximum Gasteiger partial charge on any atom is 0.211 e. The van der Waals surface area contributed by atoms with Gasteiger partial charge in [0.1, 0.15) is 5.78 Å². The van der Waals surface area contributed by atoms with Gasteiger partial charge in [0.15, 0.2) is 0 Å². The Bertz CT molecular complexity index is 283. The molecule has 1 unspecified atom stereocenters. The Morgan fingerprint density at radius 2 is 2.08 bits per heavy atom. The van der Waals surface area contributed by atoms with Gasteiger partial charge in [0.25, 0.3) is 0 Å². The third-order valence-corrected chi connectivity index (χ3v) is 3.39. The van der Waals surface area contributed by atoms with Crippen molar-refractivity contribution in [2.75, 3.05) is 12.8 Å². The van der Waals surface area contributed by atoms with Crippen LogP contribution in [0.5, 0.6) is 0 Å². The molecular formula is C7H13NO3S. The summed E-state index contributed by atoms with van der Waals surface area (Å²) in [5.74, 6) is -0.0575. The van der Waals surface area contributed by atoms with Gasteiger partial charge in [-0.3, -0.25) is 4.79 Å². The van der Waals surface area contributed by atoms with Crippen molar-refractivity contribution in [3.63, 3.8) is 0 Å². The first-order chi connectivity index (χ1) is 5.43. The van der Waals surface area contributed by atoms with Crippen molar-refractivity contribution in [3.05, 3.63) is 0 Å². The second-order valence-electron chi connectivity index (χ2n) is 3.14. The zero-order valence-corrected chi connectivity index (χ0v) is 8.10. The predicted molar refractivity (Wildman–Crippen MR) is 45.3 cm³/mol. The Morgan fingerprint density at radius 1 is 1.50 bits per heavy atom. The van der Waals surface area contributed by atoms with E-state index in [4.69, 9.17) is 0 Å². The lowest BCUT2D eigenvalue weighted by atomic mass is 10.2. The molecule has 5 heteroatoms. The number of carbonyl (C=O) groups is 1. The predicted octanol–water partition coefficient (Wildman–Crippen LogP) is -0.000600. The quantitative estimate of drug-likeness (QED) is 0.617. The summed E-state index contributed by atoms with van der Waals surface area (Å²) in [5.41, 5.74) is 0. The van der Waals surface area contributed by atoms with Crippen LogP contribution in [0, 0.1) is 0 Å². The summed E-state index contributed by atoms with van der Waals surface area (Å²) in [6, 6.07) is -0.403. The Labute approximate surface area is 72.6 Å². The smallest absolute Gasteiger partial charge is 0.211 e. The highest BCUT2D eigenvalue weighted by Crippen LogP contribution is 2.20. The Morgan fingerprint density at radius 3 is 2.42 bits per heavy atom. The molecule has 0 N–H and O–H groups in total. The zero-order valence-electron chi connectivity index (χ0n) is 7.28. The van der Waals surface area contributed by atoms with E-state index < -0.39 is 16.1 Å². The Hall–Kier alpha value is -0.420. The molecule has 70 valence electrons. The van der Waals surface area contributed by atoms with E-state index >= 15 is 0 Å². The van der Waals surface area contributed by atoms with Gasteiger partial charge in [0.05, 0.1) is 12.3 Å². The molecule has 0 bridgehead atoms. The fourth-order valence-corrected chi connectivity index (χ4v) is 2.72. The van der Waals surface area contributed by atoms with Gasteiger partial charge in [-0.1, -0.05) is 0 Å². The standard InChI is InChI=1S/C7H13NO3S/c1-6(9)7-4-3-5-8(7)12(2,10)11/h7H,3-5H2,1-2H3. The van der Waals surface area contributed by atoms with Gasteiger partial charge in [-0.15, -0.1) is 0 Å². The monoisotopic (exact) mass is 191 g/mol. The number of rotatable bonds is 2. The molecule has 0 amide bonds. The van der Waals surface area contributed by atoms with E-state index in [-0.39, 0.29) is 5.78 Å². The van der Waals surface area contributed by atoms with Crippen LogP contribution in [0.1, 0.15) is 19.8 Å². The van der Waals surface area contributed by atoms with Crippen molar-refractivity contribution in [1.82, 2.24) is 4.31 Å². The molecule has 0 saturated carbocycles. The van der Waals surface area contributed by atoms with Crippen LogP contribution in [-0.4, -0.2) is 37.3 Å². The van der Waals surface area contributed by atoms with Gasteiger partial charge in [0, 0.05) is 6.54 Å². The number of carbonyl (C=O) groups excluding carboxylic acids is 1. The summed E-state index contributed by atoms with van der Waals surface area (Å²) in [7, 11) is -3.18. The highest BCUT2D eigenvalue weighted by molar-refractivity contribution is 7.88. The normalized spacial score (nSPS) is 26.0. The Balaban J connectivity index is 2.85. The molecule has 1 rings (SSSR count). The van der Waals surface area contributed by atoms with Crippen LogP contribution in [0.15, 0.2) is 0 Å². The van der Waals surface area contributed by atoms with E-state index in [0.717, 1.165) is 12.7 Å². The topological polar surface area (TPSA) is 54.5 Å². The number of nitrogens with zero attached hydrogens (tertiary/aromatic N) is 1. The average Bonchev–Trinajstić information content (AvgIpc) is 2.30. The summed E-state index contributed by atoms with van der Waals surface area (Å²) in [5, 5.41) is 0. The minimum Gasteiger partial charge on any atom is -0.298 e. The minimum atomic E-state index is -3.18. The highest BCUT2D eigenvalue weighted by atomic mass is 32.2. The van der Waals surface area contributed by atoms with Gasteiger partial charge >= 0.3 is 0 Å². The van der Waals surface area contributed by atoms with Crippen LogP contribution in [0.25, 0.3) is 0 Å². The van der Waals surface area contributed by atoms with Crippen molar-refractivity contribution in [1.29, 1.82) is 0 Å². The van der Waals surface area contributed by atoms with Crippen molar-refractivity contribution in [2.24, 2.45) is 0 Å². The van der Waals surface area contributed by atoms with Gasteiger partial charge in [-0.2, -0.15) is 4.31 Å². The van der Waals surface area contributed by atoms with Crippen LogP contribution in [0.4, 0.5) is 0 Å². The first-order valence-corrected chi connectivity index (χ1v) is 5.75.